The number of aryl methyl sites for hydroxylation is 1. The third kappa shape index (κ3) is 4.13. The lowest BCUT2D eigenvalue weighted by molar-refractivity contribution is -0.0723. The number of carbonyl (C=O) groups is 1. The van der Waals surface area contributed by atoms with E-state index in [9.17, 15) is 18.0 Å². The maximum absolute atomic E-state index is 13.9. The molecule has 0 spiro atoms. The smallest absolute Gasteiger partial charge is 0.319 e. The van der Waals surface area contributed by atoms with E-state index in [2.05, 4.69) is 18.8 Å². The van der Waals surface area contributed by atoms with E-state index in [1.165, 1.54) is 17.2 Å². The van der Waals surface area contributed by atoms with Crippen molar-refractivity contribution in [3.8, 4) is 0 Å². The van der Waals surface area contributed by atoms with Gasteiger partial charge in [-0.05, 0) is 67.4 Å². The Morgan fingerprint density at radius 1 is 1.36 bits per heavy atom. The van der Waals surface area contributed by atoms with Gasteiger partial charge in [0.25, 0.3) is 6.43 Å². The van der Waals surface area contributed by atoms with Gasteiger partial charge in [-0.25, -0.2) is 18.0 Å². The number of nitrogens with zero attached hydrogens (tertiary/aromatic N) is 2. The topological polar surface area (TPSA) is 59.2 Å². The number of hydrogen-bond acceptors (Lipinski definition) is 2. The van der Waals surface area contributed by atoms with Gasteiger partial charge in [0.15, 0.2) is 0 Å². The maximum atomic E-state index is 13.9. The molecule has 2 N–H and O–H groups in total. The maximum Gasteiger partial charge on any atom is 0.319 e. The highest BCUT2D eigenvalue weighted by Crippen LogP contribution is 2.61. The number of alkyl halides is 3. The number of rotatable bonds is 5. The molecule has 2 aliphatic rings. The van der Waals surface area contributed by atoms with E-state index >= 15 is 0 Å². The van der Waals surface area contributed by atoms with Gasteiger partial charge in [0, 0.05) is 6.54 Å². The van der Waals surface area contributed by atoms with E-state index in [1.54, 1.807) is 6.92 Å². The average Bonchev–Trinajstić information content (AvgIpc) is 2.58. The van der Waals surface area contributed by atoms with Gasteiger partial charge in [-0.1, -0.05) is 20.3 Å². The fraction of sp³-hybridized carbons (Fsp3) is 0.714. The second-order valence-corrected chi connectivity index (χ2v) is 9.40. The number of amides is 2. The van der Waals surface area contributed by atoms with Gasteiger partial charge in [0.2, 0.25) is 0 Å². The van der Waals surface area contributed by atoms with Crippen molar-refractivity contribution in [2.75, 3.05) is 11.4 Å². The van der Waals surface area contributed by atoms with E-state index in [4.69, 9.17) is 5.73 Å². The van der Waals surface area contributed by atoms with Crippen molar-refractivity contribution in [2.45, 2.75) is 71.9 Å². The van der Waals surface area contributed by atoms with Crippen molar-refractivity contribution in [1.82, 2.24) is 4.98 Å². The Balaban J connectivity index is 1.73. The minimum absolute atomic E-state index is 0.0790. The van der Waals surface area contributed by atoms with Crippen molar-refractivity contribution >= 4 is 11.7 Å². The summed E-state index contributed by atoms with van der Waals surface area (Å²) in [6.45, 7) is 6.41. The summed E-state index contributed by atoms with van der Waals surface area (Å²) in [5, 5.41) is 0. The fourth-order valence-electron chi connectivity index (χ4n) is 5.70. The van der Waals surface area contributed by atoms with Crippen molar-refractivity contribution in [1.29, 1.82) is 0 Å². The van der Waals surface area contributed by atoms with E-state index in [0.717, 1.165) is 25.7 Å². The highest BCUT2D eigenvalue weighted by molar-refractivity contribution is 5.91. The molecule has 2 amide bonds. The molecule has 4 nitrogen and oxygen atoms in total. The first kappa shape index (κ1) is 20.9. The van der Waals surface area contributed by atoms with Crippen LogP contribution in [0, 0.1) is 23.7 Å². The Labute approximate surface area is 164 Å². The molecule has 0 aliphatic heterocycles. The monoisotopic (exact) mass is 397 g/mol. The minimum Gasteiger partial charge on any atom is -0.351 e. The lowest BCUT2D eigenvalue weighted by Crippen LogP contribution is -2.55. The summed E-state index contributed by atoms with van der Waals surface area (Å²) in [5.41, 5.74) is 6.25. The van der Waals surface area contributed by atoms with Gasteiger partial charge in [-0.3, -0.25) is 9.88 Å². The van der Waals surface area contributed by atoms with Crippen LogP contribution in [0.2, 0.25) is 0 Å². The molecule has 2 atom stereocenters. The van der Waals surface area contributed by atoms with Crippen molar-refractivity contribution in [3.63, 3.8) is 0 Å². The number of pyridine rings is 1. The van der Waals surface area contributed by atoms with Crippen LogP contribution in [0.4, 0.5) is 23.7 Å². The summed E-state index contributed by atoms with van der Waals surface area (Å²) >= 11 is 0. The summed E-state index contributed by atoms with van der Waals surface area (Å²) in [6, 6.07) is 0.679. The Bertz CT molecular complexity index is 734. The molecular formula is C21H30F3N3O. The predicted molar refractivity (Wildman–Crippen MR) is 103 cm³/mol. The molecule has 0 saturated heterocycles. The molecule has 2 saturated carbocycles. The lowest BCUT2D eigenvalue weighted by atomic mass is 9.48. The predicted octanol–water partition coefficient (Wildman–Crippen LogP) is 5.55. The summed E-state index contributed by atoms with van der Waals surface area (Å²) in [6.07, 6.45) is 3.02. The van der Waals surface area contributed by atoms with Crippen LogP contribution in [0.1, 0.15) is 70.1 Å². The summed E-state index contributed by atoms with van der Waals surface area (Å²) < 4.78 is 39.6. The molecule has 2 unspecified atom stereocenters. The van der Waals surface area contributed by atoms with Crippen LogP contribution < -0.4 is 10.6 Å². The number of primary amides is 1. The third-order valence-electron chi connectivity index (χ3n) is 6.68. The number of urea groups is 1. The molecule has 3 rings (SSSR count). The Kier molecular flexibility index (Phi) is 5.65. The van der Waals surface area contributed by atoms with Gasteiger partial charge < -0.3 is 5.73 Å². The van der Waals surface area contributed by atoms with Crippen LogP contribution in [0.25, 0.3) is 0 Å². The number of carbonyl (C=O) groups excluding carboxylic acids is 1. The van der Waals surface area contributed by atoms with E-state index in [-0.39, 0.29) is 16.5 Å². The van der Waals surface area contributed by atoms with Crippen molar-refractivity contribution in [2.24, 2.45) is 22.5 Å². The minimum atomic E-state index is -2.66. The second kappa shape index (κ2) is 7.56. The van der Waals surface area contributed by atoms with Crippen LogP contribution in [0.3, 0.4) is 0 Å². The Morgan fingerprint density at radius 3 is 2.57 bits per heavy atom. The van der Waals surface area contributed by atoms with Gasteiger partial charge >= 0.3 is 6.03 Å². The van der Waals surface area contributed by atoms with Crippen LogP contribution in [-0.4, -0.2) is 23.7 Å². The number of aromatic nitrogens is 1. The van der Waals surface area contributed by atoms with E-state index in [0.29, 0.717) is 36.6 Å². The highest BCUT2D eigenvalue weighted by atomic mass is 19.3. The largest absolute Gasteiger partial charge is 0.351 e. The summed E-state index contributed by atoms with van der Waals surface area (Å²) in [7, 11) is 0. The van der Waals surface area contributed by atoms with Crippen LogP contribution in [0.5, 0.6) is 0 Å². The van der Waals surface area contributed by atoms with Crippen molar-refractivity contribution in [3.05, 3.63) is 23.5 Å². The molecule has 156 valence electrons. The zero-order chi connectivity index (χ0) is 20.7. The van der Waals surface area contributed by atoms with Gasteiger partial charge in [0.05, 0.1) is 11.9 Å². The first-order chi connectivity index (χ1) is 13.0. The lowest BCUT2D eigenvalue weighted by Gasteiger charge is -2.58. The van der Waals surface area contributed by atoms with Gasteiger partial charge in [-0.2, -0.15) is 0 Å². The van der Waals surface area contributed by atoms with Crippen molar-refractivity contribution < 1.29 is 18.0 Å². The second-order valence-electron chi connectivity index (χ2n) is 9.40. The fourth-order valence-corrected chi connectivity index (χ4v) is 5.70. The molecule has 0 radical (unpaired) electrons. The highest BCUT2D eigenvalue weighted by Gasteiger charge is 2.54. The SMILES string of the molecule is Cc1cc(C(F)F)ncc1N(CC1(C)CC(C)(C2CCCC(F)C2)C1)C(N)=O. The molecule has 1 heterocycles. The van der Waals surface area contributed by atoms with E-state index in [1.807, 2.05) is 0 Å². The van der Waals surface area contributed by atoms with E-state index < -0.39 is 18.6 Å². The molecule has 7 heteroatoms. The normalized spacial score (nSPS) is 32.8. The number of hydrogen-bond donors (Lipinski definition) is 1. The molecular weight excluding hydrogens is 367 g/mol. The molecule has 2 aliphatic carbocycles. The number of halogens is 3. The first-order valence-electron chi connectivity index (χ1n) is 9.99. The first-order valence-corrected chi connectivity index (χ1v) is 9.99. The molecule has 2 fully saturated rings. The number of nitrogens with two attached hydrogens (primary N) is 1. The van der Waals surface area contributed by atoms with Gasteiger partial charge in [0.1, 0.15) is 11.9 Å². The van der Waals surface area contributed by atoms with Crippen LogP contribution in [0.15, 0.2) is 12.3 Å². The quantitative estimate of drug-likeness (QED) is 0.708. The molecule has 1 aromatic heterocycles. The van der Waals surface area contributed by atoms with Gasteiger partial charge in [-0.15, -0.1) is 0 Å². The average molecular weight is 397 g/mol. The standard InChI is InChI=1S/C21H30F3N3O/c1-13-7-16(18(23)24)26-9-17(13)27(19(25)28)12-20(2)10-21(3,11-20)14-5-4-6-15(22)8-14/h7,9,14-15,18H,4-6,8,10-12H2,1-3H3,(H2,25,28). The Morgan fingerprint density at radius 2 is 2.04 bits per heavy atom. The molecule has 0 aromatic carbocycles. The Hall–Kier alpha value is -1.79. The number of anilines is 1. The molecule has 1 aromatic rings. The summed E-state index contributed by atoms with van der Waals surface area (Å²) in [5.74, 6) is 0.375. The molecule has 0 bridgehead atoms. The summed E-state index contributed by atoms with van der Waals surface area (Å²) in [4.78, 5) is 17.3. The molecule has 28 heavy (non-hydrogen) atoms. The zero-order valence-corrected chi connectivity index (χ0v) is 16.9. The van der Waals surface area contributed by atoms with Crippen LogP contribution in [-0.2, 0) is 0 Å². The third-order valence-corrected chi connectivity index (χ3v) is 6.68. The zero-order valence-electron chi connectivity index (χ0n) is 16.9. The van der Waals surface area contributed by atoms with Crippen LogP contribution >= 0.6 is 0 Å².